The van der Waals surface area contributed by atoms with Crippen molar-refractivity contribution in [2.75, 3.05) is 26.2 Å². The first-order valence-electron chi connectivity index (χ1n) is 12.6. The molecule has 2 fully saturated rings. The number of piperidine rings is 1. The molecule has 1 spiro atoms. The second kappa shape index (κ2) is 9.17. The maximum absolute atomic E-state index is 13.1. The predicted octanol–water partition coefficient (Wildman–Crippen LogP) is 4.42. The van der Waals surface area contributed by atoms with Crippen molar-refractivity contribution >= 4 is 11.8 Å². The molecule has 2 atom stereocenters. The summed E-state index contributed by atoms with van der Waals surface area (Å²) in [6, 6.07) is 8.53. The zero-order valence-electron chi connectivity index (χ0n) is 20.5. The van der Waals surface area contributed by atoms with Crippen LogP contribution in [-0.4, -0.2) is 53.8 Å². The minimum absolute atomic E-state index is 0.00358. The summed E-state index contributed by atoms with van der Waals surface area (Å²) in [7, 11) is 0. The topological polar surface area (TPSA) is 52.7 Å². The molecule has 4 rings (SSSR count). The van der Waals surface area contributed by atoms with Gasteiger partial charge in [-0.05, 0) is 86.5 Å². The van der Waals surface area contributed by atoms with Crippen LogP contribution in [0, 0.1) is 5.41 Å². The van der Waals surface area contributed by atoms with Crippen molar-refractivity contribution in [1.29, 1.82) is 0 Å². The third-order valence-corrected chi connectivity index (χ3v) is 8.09. The zero-order valence-corrected chi connectivity index (χ0v) is 20.5. The van der Waals surface area contributed by atoms with Crippen LogP contribution < -0.4 is 5.32 Å². The Labute approximate surface area is 193 Å². The van der Waals surface area contributed by atoms with E-state index in [1.54, 1.807) is 11.8 Å². The summed E-state index contributed by atoms with van der Waals surface area (Å²) in [5.74, 6) is 0.0225. The molecule has 2 amide bonds. The molecule has 0 bridgehead atoms. The van der Waals surface area contributed by atoms with Crippen molar-refractivity contribution < 1.29 is 9.59 Å². The van der Waals surface area contributed by atoms with E-state index in [0.717, 1.165) is 38.8 Å². The average molecular weight is 440 g/mol. The molecule has 5 heteroatoms. The third kappa shape index (κ3) is 4.88. The zero-order chi connectivity index (χ0) is 22.9. The maximum atomic E-state index is 13.1. The van der Waals surface area contributed by atoms with E-state index in [2.05, 4.69) is 55.3 Å². The molecule has 0 unspecified atom stereocenters. The summed E-state index contributed by atoms with van der Waals surface area (Å²) in [5.41, 5.74) is 3.37. The number of hydrogen-bond donors (Lipinski definition) is 1. The summed E-state index contributed by atoms with van der Waals surface area (Å²) in [6.07, 6.45) is 7.44. The monoisotopic (exact) mass is 439 g/mol. The Bertz CT molecular complexity index is 836. The Hall–Kier alpha value is -1.88. The fourth-order valence-corrected chi connectivity index (χ4v) is 6.05. The van der Waals surface area contributed by atoms with Gasteiger partial charge in [-0.1, -0.05) is 45.0 Å². The lowest BCUT2D eigenvalue weighted by Gasteiger charge is -2.47. The van der Waals surface area contributed by atoms with Crippen LogP contribution in [-0.2, 0) is 15.0 Å². The molecule has 1 aromatic carbocycles. The average Bonchev–Trinajstić information content (AvgIpc) is 3.26. The van der Waals surface area contributed by atoms with Gasteiger partial charge < -0.3 is 15.1 Å². The molecule has 176 valence electrons. The molecule has 2 aliphatic heterocycles. The van der Waals surface area contributed by atoms with Crippen molar-refractivity contribution in [1.82, 2.24) is 15.1 Å². The number of nitrogens with one attached hydrogen (secondary N) is 1. The van der Waals surface area contributed by atoms with Crippen LogP contribution >= 0.6 is 0 Å². The number of likely N-dealkylation sites (tertiary alicyclic amines) is 2. The first-order chi connectivity index (χ1) is 15.2. The molecule has 0 radical (unpaired) electrons. The van der Waals surface area contributed by atoms with E-state index in [0.29, 0.717) is 12.0 Å². The van der Waals surface area contributed by atoms with Crippen LogP contribution in [0.25, 0.3) is 0 Å². The quantitative estimate of drug-likeness (QED) is 0.756. The molecule has 1 N–H and O–H groups in total. The van der Waals surface area contributed by atoms with Gasteiger partial charge in [-0.2, -0.15) is 0 Å². The molecule has 1 aliphatic carbocycles. The molecule has 32 heavy (non-hydrogen) atoms. The van der Waals surface area contributed by atoms with Crippen LogP contribution in [0.1, 0.15) is 89.8 Å². The lowest BCUT2D eigenvalue weighted by molar-refractivity contribution is -0.137. The highest BCUT2D eigenvalue weighted by molar-refractivity contribution is 5.87. The van der Waals surface area contributed by atoms with Gasteiger partial charge in [0.25, 0.3) is 0 Å². The van der Waals surface area contributed by atoms with E-state index < -0.39 is 0 Å². The van der Waals surface area contributed by atoms with Gasteiger partial charge in [-0.3, -0.25) is 9.59 Å². The van der Waals surface area contributed by atoms with Gasteiger partial charge in [0.05, 0.1) is 6.04 Å². The highest BCUT2D eigenvalue weighted by atomic mass is 16.2. The van der Waals surface area contributed by atoms with Crippen molar-refractivity contribution in [3.05, 3.63) is 35.4 Å². The summed E-state index contributed by atoms with van der Waals surface area (Å²) in [4.78, 5) is 29.4. The molecule has 2 heterocycles. The Morgan fingerprint density at radius 1 is 1.06 bits per heavy atom. The van der Waals surface area contributed by atoms with Crippen molar-refractivity contribution in [2.24, 2.45) is 5.41 Å². The van der Waals surface area contributed by atoms with E-state index in [1.165, 1.54) is 36.9 Å². The van der Waals surface area contributed by atoms with E-state index in [4.69, 9.17) is 0 Å². The number of amides is 2. The van der Waals surface area contributed by atoms with Gasteiger partial charge >= 0.3 is 0 Å². The van der Waals surface area contributed by atoms with Crippen molar-refractivity contribution in [3.8, 4) is 0 Å². The number of carbonyl (C=O) groups is 2. The molecule has 5 nitrogen and oxygen atoms in total. The van der Waals surface area contributed by atoms with Crippen LogP contribution in [0.2, 0.25) is 0 Å². The first kappa shape index (κ1) is 23.3. The van der Waals surface area contributed by atoms with Gasteiger partial charge in [0.1, 0.15) is 6.04 Å². The Kier molecular flexibility index (Phi) is 6.67. The second-order valence-electron chi connectivity index (χ2n) is 11.5. The minimum Gasteiger partial charge on any atom is -0.347 e. The molecule has 2 saturated heterocycles. The fraction of sp³-hybridized carbons (Fsp3) is 0.704. The lowest BCUT2D eigenvalue weighted by Crippen LogP contribution is -2.49. The molecule has 0 saturated carbocycles. The minimum atomic E-state index is -0.304. The second-order valence-corrected chi connectivity index (χ2v) is 11.5. The molecule has 1 aromatic rings. The predicted molar refractivity (Wildman–Crippen MR) is 128 cm³/mol. The summed E-state index contributed by atoms with van der Waals surface area (Å²) in [5, 5.41) is 3.33. The number of rotatable bonds is 4. The van der Waals surface area contributed by atoms with Gasteiger partial charge in [0, 0.05) is 13.5 Å². The molecular formula is C27H41N3O2. The van der Waals surface area contributed by atoms with Gasteiger partial charge in [-0.15, -0.1) is 0 Å². The highest BCUT2D eigenvalue weighted by Gasteiger charge is 2.43. The Balaban J connectivity index is 1.45. The van der Waals surface area contributed by atoms with Crippen molar-refractivity contribution in [3.63, 3.8) is 0 Å². The molecule has 0 aromatic heterocycles. The molecular weight excluding hydrogens is 398 g/mol. The number of benzene rings is 1. The van der Waals surface area contributed by atoms with Crippen LogP contribution in [0.5, 0.6) is 0 Å². The molecule has 3 aliphatic rings. The standard InChI is InChI=1S/C27H41N3O2/c1-20(31)30-16-7-10-24(30)25(32)28-23-11-12-27(22-9-6-5-8-21(22)23)14-18-29(19-15-27)17-13-26(2,3)4/h5-6,8-9,23-24H,7,10-19H2,1-4H3,(H,28,32)/t23-,24+/m0/s1. The van der Waals surface area contributed by atoms with Crippen molar-refractivity contribution in [2.45, 2.75) is 90.1 Å². The number of carbonyl (C=O) groups excluding carboxylic acids is 2. The van der Waals surface area contributed by atoms with E-state index in [-0.39, 0.29) is 29.3 Å². The van der Waals surface area contributed by atoms with E-state index >= 15 is 0 Å². The first-order valence-corrected chi connectivity index (χ1v) is 12.6. The van der Waals surface area contributed by atoms with Gasteiger partial charge in [0.15, 0.2) is 0 Å². The van der Waals surface area contributed by atoms with E-state index in [1.807, 2.05) is 0 Å². The highest BCUT2D eigenvalue weighted by Crippen LogP contribution is 2.48. The maximum Gasteiger partial charge on any atom is 0.243 e. The number of hydrogen-bond acceptors (Lipinski definition) is 3. The number of nitrogens with zero attached hydrogens (tertiary/aromatic N) is 2. The third-order valence-electron chi connectivity index (χ3n) is 8.09. The van der Waals surface area contributed by atoms with Crippen LogP contribution in [0.4, 0.5) is 0 Å². The Morgan fingerprint density at radius 3 is 2.47 bits per heavy atom. The van der Waals surface area contributed by atoms with Crippen LogP contribution in [0.15, 0.2) is 24.3 Å². The summed E-state index contributed by atoms with van der Waals surface area (Å²) < 4.78 is 0. The summed E-state index contributed by atoms with van der Waals surface area (Å²) >= 11 is 0. The fourth-order valence-electron chi connectivity index (χ4n) is 6.05. The normalized spacial score (nSPS) is 25.6. The Morgan fingerprint density at radius 2 is 1.78 bits per heavy atom. The van der Waals surface area contributed by atoms with E-state index in [9.17, 15) is 9.59 Å². The van der Waals surface area contributed by atoms with Gasteiger partial charge in [0.2, 0.25) is 11.8 Å². The number of fused-ring (bicyclic) bond motifs is 2. The summed E-state index contributed by atoms with van der Waals surface area (Å²) in [6.45, 7) is 12.8. The smallest absolute Gasteiger partial charge is 0.243 e. The van der Waals surface area contributed by atoms with Crippen LogP contribution in [0.3, 0.4) is 0 Å². The lowest BCUT2D eigenvalue weighted by atomic mass is 9.63. The van der Waals surface area contributed by atoms with Gasteiger partial charge in [-0.25, -0.2) is 0 Å². The largest absolute Gasteiger partial charge is 0.347 e. The SMILES string of the molecule is CC(=O)N1CCC[C@@H]1C(=O)N[C@H]1CCC2(CCN(CCC(C)(C)C)CC2)c2ccccc21.